The molecule has 39 heavy (non-hydrogen) atoms. The SMILES string of the molecule is CCC(=O)NC(C)(c1ccc(NC(=O)Nc2ccccc2C)c(OC)c1)N(CCC(=O)O)Cc1ccccc1. The molecule has 0 fully saturated rings. The number of methoxy groups -OCH3 is 1. The van der Waals surface area contributed by atoms with Gasteiger partial charge in [0.25, 0.3) is 0 Å². The van der Waals surface area contributed by atoms with E-state index in [-0.39, 0.29) is 25.3 Å². The Morgan fingerprint density at radius 3 is 2.26 bits per heavy atom. The lowest BCUT2D eigenvalue weighted by Gasteiger charge is -2.42. The van der Waals surface area contributed by atoms with Gasteiger partial charge in [0.05, 0.1) is 19.2 Å². The second kappa shape index (κ2) is 13.4. The fourth-order valence-corrected chi connectivity index (χ4v) is 4.28. The lowest BCUT2D eigenvalue weighted by molar-refractivity contribution is -0.138. The number of rotatable bonds is 12. The number of benzene rings is 3. The third-order valence-corrected chi connectivity index (χ3v) is 6.55. The molecule has 0 bridgehead atoms. The van der Waals surface area contributed by atoms with Crippen LogP contribution in [0.2, 0.25) is 0 Å². The molecule has 4 N–H and O–H groups in total. The maximum atomic E-state index is 12.7. The number of hydrogen-bond acceptors (Lipinski definition) is 5. The Kier molecular flexibility index (Phi) is 10.1. The lowest BCUT2D eigenvalue weighted by atomic mass is 9.96. The van der Waals surface area contributed by atoms with Gasteiger partial charge in [-0.1, -0.05) is 61.5 Å². The topological polar surface area (TPSA) is 120 Å². The van der Waals surface area contributed by atoms with E-state index < -0.39 is 17.7 Å². The Hall–Kier alpha value is -4.37. The van der Waals surface area contributed by atoms with Gasteiger partial charge in [0, 0.05) is 25.2 Å². The molecule has 0 aromatic heterocycles. The van der Waals surface area contributed by atoms with Crippen LogP contribution in [0.5, 0.6) is 5.75 Å². The van der Waals surface area contributed by atoms with E-state index in [9.17, 15) is 19.5 Å². The summed E-state index contributed by atoms with van der Waals surface area (Å²) in [4.78, 5) is 38.9. The van der Waals surface area contributed by atoms with Crippen LogP contribution < -0.4 is 20.7 Å². The molecule has 0 saturated carbocycles. The molecule has 206 valence electrons. The smallest absolute Gasteiger partial charge is 0.323 e. The molecule has 0 spiro atoms. The Labute approximate surface area is 229 Å². The number of ether oxygens (including phenoxy) is 1. The predicted octanol–water partition coefficient (Wildman–Crippen LogP) is 5.32. The van der Waals surface area contributed by atoms with Gasteiger partial charge in [-0.05, 0) is 48.7 Å². The van der Waals surface area contributed by atoms with Crippen molar-refractivity contribution in [1.29, 1.82) is 0 Å². The second-order valence-corrected chi connectivity index (χ2v) is 9.33. The minimum atomic E-state index is -1.08. The lowest BCUT2D eigenvalue weighted by Crippen LogP contribution is -2.56. The van der Waals surface area contributed by atoms with Gasteiger partial charge < -0.3 is 25.8 Å². The molecule has 1 unspecified atom stereocenters. The highest BCUT2D eigenvalue weighted by atomic mass is 16.5. The predicted molar refractivity (Wildman–Crippen MR) is 152 cm³/mol. The van der Waals surface area contributed by atoms with Crippen molar-refractivity contribution < 1.29 is 24.2 Å². The number of para-hydroxylation sites is 1. The first-order chi connectivity index (χ1) is 18.7. The highest BCUT2D eigenvalue weighted by Gasteiger charge is 2.36. The Bertz CT molecular complexity index is 1300. The number of amides is 3. The standard InChI is InChI=1S/C30H36N4O5/c1-5-27(35)33-30(3,34(18-17-28(36)37)20-22-12-7-6-8-13-22)23-15-16-25(26(19-23)39-4)32-29(38)31-24-14-10-9-11-21(24)2/h6-16,19H,5,17-18,20H2,1-4H3,(H,33,35)(H,36,37)(H2,31,32,38). The number of nitrogens with one attached hydrogen (secondary N) is 3. The molecule has 3 rings (SSSR count). The van der Waals surface area contributed by atoms with Crippen LogP contribution in [-0.4, -0.2) is 41.6 Å². The number of carbonyl (C=O) groups excluding carboxylic acids is 2. The molecule has 9 heteroatoms. The summed E-state index contributed by atoms with van der Waals surface area (Å²) in [5.41, 5.74) is 2.63. The van der Waals surface area contributed by atoms with Crippen molar-refractivity contribution in [2.24, 2.45) is 0 Å². The number of carboxylic acids is 1. The number of aryl methyl sites for hydroxylation is 1. The van der Waals surface area contributed by atoms with Crippen molar-refractivity contribution in [1.82, 2.24) is 10.2 Å². The van der Waals surface area contributed by atoms with Crippen molar-refractivity contribution in [3.63, 3.8) is 0 Å². The van der Waals surface area contributed by atoms with Crippen molar-refractivity contribution >= 4 is 29.3 Å². The van der Waals surface area contributed by atoms with Crippen LogP contribution >= 0.6 is 0 Å². The maximum absolute atomic E-state index is 12.7. The van der Waals surface area contributed by atoms with Crippen LogP contribution in [0.25, 0.3) is 0 Å². The zero-order valence-corrected chi connectivity index (χ0v) is 22.8. The van der Waals surface area contributed by atoms with E-state index in [0.29, 0.717) is 29.2 Å². The van der Waals surface area contributed by atoms with Crippen molar-refractivity contribution in [2.75, 3.05) is 24.3 Å². The Morgan fingerprint density at radius 2 is 1.62 bits per heavy atom. The highest BCUT2D eigenvalue weighted by Crippen LogP contribution is 2.34. The molecule has 0 heterocycles. The summed E-state index contributed by atoms with van der Waals surface area (Å²) in [6.07, 6.45) is 0.143. The molecule has 3 aromatic rings. The highest BCUT2D eigenvalue weighted by molar-refractivity contribution is 6.01. The number of urea groups is 1. The second-order valence-electron chi connectivity index (χ2n) is 9.33. The first-order valence-electron chi connectivity index (χ1n) is 12.8. The van der Waals surface area contributed by atoms with Gasteiger partial charge in [-0.2, -0.15) is 0 Å². The molecule has 9 nitrogen and oxygen atoms in total. The average Bonchev–Trinajstić information content (AvgIpc) is 2.92. The molecule has 0 saturated heterocycles. The number of carboxylic acid groups (broad SMARTS) is 1. The molecule has 0 aliphatic heterocycles. The van der Waals surface area contributed by atoms with Gasteiger partial charge in [-0.25, -0.2) is 4.79 Å². The summed E-state index contributed by atoms with van der Waals surface area (Å²) in [6, 6.07) is 21.9. The van der Waals surface area contributed by atoms with E-state index >= 15 is 0 Å². The van der Waals surface area contributed by atoms with E-state index in [1.54, 1.807) is 25.1 Å². The fraction of sp³-hybridized carbons (Fsp3) is 0.300. The molecule has 0 aliphatic rings. The van der Waals surface area contributed by atoms with E-state index in [2.05, 4.69) is 16.0 Å². The molecule has 0 aliphatic carbocycles. The van der Waals surface area contributed by atoms with Crippen molar-refractivity contribution in [2.45, 2.75) is 45.8 Å². The number of nitrogens with zero attached hydrogens (tertiary/aromatic N) is 1. The van der Waals surface area contributed by atoms with E-state index in [4.69, 9.17) is 4.74 Å². The number of anilines is 2. The molecule has 0 radical (unpaired) electrons. The van der Waals surface area contributed by atoms with E-state index in [0.717, 1.165) is 11.1 Å². The third-order valence-electron chi connectivity index (χ3n) is 6.55. The average molecular weight is 533 g/mol. The monoisotopic (exact) mass is 532 g/mol. The largest absolute Gasteiger partial charge is 0.495 e. The van der Waals surface area contributed by atoms with Crippen LogP contribution in [0.15, 0.2) is 72.8 Å². The molecule has 1 atom stereocenters. The normalized spacial score (nSPS) is 12.3. The molecule has 3 aromatic carbocycles. The van der Waals surface area contributed by atoms with Crippen LogP contribution in [0.4, 0.5) is 16.2 Å². The summed E-state index contributed by atoms with van der Waals surface area (Å²) < 4.78 is 5.62. The fourth-order valence-electron chi connectivity index (χ4n) is 4.28. The number of aliphatic carboxylic acids is 1. The Morgan fingerprint density at radius 1 is 0.949 bits per heavy atom. The number of carbonyl (C=O) groups is 3. The van der Waals surface area contributed by atoms with E-state index in [1.807, 2.05) is 73.3 Å². The van der Waals surface area contributed by atoms with Crippen LogP contribution in [-0.2, 0) is 21.8 Å². The Balaban J connectivity index is 1.96. The molecular weight excluding hydrogens is 496 g/mol. The summed E-state index contributed by atoms with van der Waals surface area (Å²) in [5, 5.41) is 18.2. The van der Waals surface area contributed by atoms with Crippen LogP contribution in [0.3, 0.4) is 0 Å². The first kappa shape index (κ1) is 29.2. The van der Waals surface area contributed by atoms with Crippen LogP contribution in [0.1, 0.15) is 43.4 Å². The zero-order chi connectivity index (χ0) is 28.4. The summed E-state index contributed by atoms with van der Waals surface area (Å²) >= 11 is 0. The minimum absolute atomic E-state index is 0.111. The summed E-state index contributed by atoms with van der Waals surface area (Å²) in [7, 11) is 1.50. The third kappa shape index (κ3) is 7.81. The van der Waals surface area contributed by atoms with Crippen molar-refractivity contribution in [3.05, 3.63) is 89.5 Å². The van der Waals surface area contributed by atoms with Gasteiger partial charge in [0.15, 0.2) is 0 Å². The summed E-state index contributed by atoms with van der Waals surface area (Å²) in [5.74, 6) is -0.735. The first-order valence-corrected chi connectivity index (χ1v) is 12.8. The minimum Gasteiger partial charge on any atom is -0.495 e. The van der Waals surface area contributed by atoms with Crippen LogP contribution in [0, 0.1) is 6.92 Å². The quantitative estimate of drug-likeness (QED) is 0.234. The maximum Gasteiger partial charge on any atom is 0.323 e. The molecule has 3 amide bonds. The van der Waals surface area contributed by atoms with Gasteiger partial charge in [0.2, 0.25) is 5.91 Å². The number of hydrogen-bond donors (Lipinski definition) is 4. The van der Waals surface area contributed by atoms with Crippen molar-refractivity contribution in [3.8, 4) is 5.75 Å². The zero-order valence-electron chi connectivity index (χ0n) is 22.8. The van der Waals surface area contributed by atoms with Gasteiger partial charge in [-0.3, -0.25) is 14.5 Å². The molecular formula is C30H36N4O5. The van der Waals surface area contributed by atoms with Gasteiger partial charge >= 0.3 is 12.0 Å². The van der Waals surface area contributed by atoms with Gasteiger partial charge in [0.1, 0.15) is 11.4 Å². The van der Waals surface area contributed by atoms with E-state index in [1.165, 1.54) is 7.11 Å². The summed E-state index contributed by atoms with van der Waals surface area (Å²) in [6.45, 7) is 6.09. The van der Waals surface area contributed by atoms with Gasteiger partial charge in [-0.15, -0.1) is 0 Å².